The minimum Gasteiger partial charge on any atom is -0.379 e. The number of hydrogen-bond donors (Lipinski definition) is 0. The molecule has 0 bridgehead atoms. The molecule has 0 aromatic heterocycles. The van der Waals surface area contributed by atoms with E-state index in [1.54, 1.807) is 0 Å². The molecule has 0 radical (unpaired) electrons. The maximum absolute atomic E-state index is 5.71. The summed E-state index contributed by atoms with van der Waals surface area (Å²) in [5.74, 6) is 0. The summed E-state index contributed by atoms with van der Waals surface area (Å²) in [4.78, 5) is 4.95. The van der Waals surface area contributed by atoms with Crippen LogP contribution in [0.1, 0.15) is 19.3 Å². The Bertz CT molecular complexity index is 170. The second-order valence-corrected chi connectivity index (χ2v) is 4.97. The molecule has 0 aliphatic carbocycles. The van der Waals surface area contributed by atoms with Crippen LogP contribution in [0.4, 0.5) is 0 Å². The minimum absolute atomic E-state index is 0.869. The Morgan fingerprint density at radius 2 is 1.35 bits per heavy atom. The predicted molar refractivity (Wildman–Crippen MR) is 68.4 cm³/mol. The summed E-state index contributed by atoms with van der Waals surface area (Å²) in [5, 5.41) is 0. The second-order valence-electron chi connectivity index (χ2n) is 4.97. The number of likely N-dealkylation sites (tertiary alicyclic amines) is 1. The summed E-state index contributed by atoms with van der Waals surface area (Å²) < 4.78 is 11.0. The molecule has 17 heavy (non-hydrogen) atoms. The topological polar surface area (TPSA) is 24.9 Å². The minimum atomic E-state index is 0.869. The molecular weight excluding hydrogens is 216 g/mol. The molecule has 100 valence electrons. The van der Waals surface area contributed by atoms with Gasteiger partial charge in [-0.05, 0) is 25.9 Å². The maximum Gasteiger partial charge on any atom is 0.0594 e. The smallest absolute Gasteiger partial charge is 0.0594 e. The number of piperidine rings is 1. The van der Waals surface area contributed by atoms with E-state index in [1.165, 1.54) is 32.4 Å². The summed E-state index contributed by atoms with van der Waals surface area (Å²) in [5.41, 5.74) is 0. The van der Waals surface area contributed by atoms with Crippen molar-refractivity contribution in [3.05, 3.63) is 0 Å². The quantitative estimate of drug-likeness (QED) is 0.644. The normalized spacial score (nSPS) is 24.0. The van der Waals surface area contributed by atoms with Crippen LogP contribution in [-0.4, -0.2) is 75.5 Å². The van der Waals surface area contributed by atoms with Crippen LogP contribution in [0.5, 0.6) is 0 Å². The Morgan fingerprint density at radius 3 is 2.00 bits per heavy atom. The van der Waals surface area contributed by atoms with Crippen LogP contribution < -0.4 is 0 Å². The highest BCUT2D eigenvalue weighted by Crippen LogP contribution is 2.07. The highest BCUT2D eigenvalue weighted by atomic mass is 16.5. The lowest BCUT2D eigenvalue weighted by molar-refractivity contribution is 0.0173. The summed E-state index contributed by atoms with van der Waals surface area (Å²) in [6.45, 7) is 10.4. The largest absolute Gasteiger partial charge is 0.379 e. The first-order valence-corrected chi connectivity index (χ1v) is 7.05. The fourth-order valence-electron chi connectivity index (χ4n) is 2.50. The highest BCUT2D eigenvalue weighted by molar-refractivity contribution is 4.64. The molecule has 2 heterocycles. The van der Waals surface area contributed by atoms with Gasteiger partial charge in [0.1, 0.15) is 0 Å². The summed E-state index contributed by atoms with van der Waals surface area (Å²) >= 11 is 0. The number of hydrogen-bond acceptors (Lipinski definition) is 4. The first kappa shape index (κ1) is 13.3. The Hall–Kier alpha value is -0.160. The van der Waals surface area contributed by atoms with Crippen molar-refractivity contribution in [2.24, 2.45) is 0 Å². The monoisotopic (exact) mass is 242 g/mol. The fraction of sp³-hybridized carbons (Fsp3) is 1.00. The van der Waals surface area contributed by atoms with E-state index >= 15 is 0 Å². The summed E-state index contributed by atoms with van der Waals surface area (Å²) in [6.07, 6.45) is 4.15. The van der Waals surface area contributed by atoms with Crippen molar-refractivity contribution < 1.29 is 9.47 Å². The molecule has 4 nitrogen and oxygen atoms in total. The zero-order valence-corrected chi connectivity index (χ0v) is 10.9. The van der Waals surface area contributed by atoms with Gasteiger partial charge in [-0.25, -0.2) is 0 Å². The average Bonchev–Trinajstić information content (AvgIpc) is 2.41. The Labute approximate surface area is 105 Å². The summed E-state index contributed by atoms with van der Waals surface area (Å²) in [6, 6.07) is 0. The van der Waals surface area contributed by atoms with Gasteiger partial charge in [-0.3, -0.25) is 4.90 Å². The SMILES string of the molecule is C1CCN(CCOCCN2CCOCC2)CC1. The number of rotatable bonds is 6. The van der Waals surface area contributed by atoms with Crippen molar-refractivity contribution >= 4 is 0 Å². The third-order valence-corrected chi connectivity index (χ3v) is 3.66. The molecule has 0 spiro atoms. The summed E-state index contributed by atoms with van der Waals surface area (Å²) in [7, 11) is 0. The van der Waals surface area contributed by atoms with Crippen LogP contribution in [-0.2, 0) is 9.47 Å². The van der Waals surface area contributed by atoms with E-state index in [0.29, 0.717) is 0 Å². The lowest BCUT2D eigenvalue weighted by atomic mass is 10.1. The standard InChI is InChI=1S/C13H26N2O2/c1-2-4-14(5-3-1)6-10-16-11-7-15-8-12-17-13-9-15/h1-13H2. The van der Waals surface area contributed by atoms with Gasteiger partial charge in [0.2, 0.25) is 0 Å². The van der Waals surface area contributed by atoms with E-state index < -0.39 is 0 Å². The van der Waals surface area contributed by atoms with Gasteiger partial charge in [-0.2, -0.15) is 0 Å². The maximum atomic E-state index is 5.71. The van der Waals surface area contributed by atoms with Gasteiger partial charge in [0.15, 0.2) is 0 Å². The van der Waals surface area contributed by atoms with Crippen molar-refractivity contribution in [1.29, 1.82) is 0 Å². The number of ether oxygens (including phenoxy) is 2. The Kier molecular flexibility index (Phi) is 6.27. The molecule has 2 aliphatic rings. The van der Waals surface area contributed by atoms with E-state index in [-0.39, 0.29) is 0 Å². The third kappa shape index (κ3) is 5.34. The number of nitrogens with zero attached hydrogens (tertiary/aromatic N) is 2. The van der Waals surface area contributed by atoms with E-state index in [2.05, 4.69) is 9.80 Å². The molecule has 0 aromatic rings. The van der Waals surface area contributed by atoms with Crippen molar-refractivity contribution in [2.45, 2.75) is 19.3 Å². The molecular formula is C13H26N2O2. The van der Waals surface area contributed by atoms with Gasteiger partial charge in [0, 0.05) is 26.2 Å². The molecule has 2 fully saturated rings. The molecule has 0 aromatic carbocycles. The molecule has 2 rings (SSSR count). The lowest BCUT2D eigenvalue weighted by Gasteiger charge is -2.27. The molecule has 0 amide bonds. The highest BCUT2D eigenvalue weighted by Gasteiger charge is 2.11. The number of morpholine rings is 1. The third-order valence-electron chi connectivity index (χ3n) is 3.66. The molecule has 2 saturated heterocycles. The van der Waals surface area contributed by atoms with Gasteiger partial charge in [0.25, 0.3) is 0 Å². The second kappa shape index (κ2) is 8.03. The van der Waals surface area contributed by atoms with Crippen LogP contribution in [0.3, 0.4) is 0 Å². The van der Waals surface area contributed by atoms with Crippen LogP contribution in [0.25, 0.3) is 0 Å². The molecule has 0 N–H and O–H groups in total. The zero-order chi connectivity index (χ0) is 11.8. The van der Waals surface area contributed by atoms with Gasteiger partial charge in [0.05, 0.1) is 26.4 Å². The van der Waals surface area contributed by atoms with Gasteiger partial charge >= 0.3 is 0 Å². The van der Waals surface area contributed by atoms with Crippen molar-refractivity contribution in [1.82, 2.24) is 9.80 Å². The molecule has 0 unspecified atom stereocenters. The van der Waals surface area contributed by atoms with Crippen molar-refractivity contribution in [3.63, 3.8) is 0 Å². The molecule has 4 heteroatoms. The first-order chi connectivity index (χ1) is 8.45. The first-order valence-electron chi connectivity index (χ1n) is 7.05. The van der Waals surface area contributed by atoms with Crippen LogP contribution in [0.15, 0.2) is 0 Å². The Balaban J connectivity index is 1.42. The molecule has 0 atom stereocenters. The van der Waals surface area contributed by atoms with Crippen molar-refractivity contribution in [2.75, 3.05) is 65.7 Å². The van der Waals surface area contributed by atoms with Crippen LogP contribution in [0.2, 0.25) is 0 Å². The fourth-order valence-corrected chi connectivity index (χ4v) is 2.50. The molecule has 2 aliphatic heterocycles. The van der Waals surface area contributed by atoms with Gasteiger partial charge in [-0.1, -0.05) is 6.42 Å². The lowest BCUT2D eigenvalue weighted by Crippen LogP contribution is -2.38. The predicted octanol–water partition coefficient (Wildman–Crippen LogP) is 0.821. The van der Waals surface area contributed by atoms with Crippen LogP contribution in [0, 0.1) is 0 Å². The molecule has 0 saturated carbocycles. The zero-order valence-electron chi connectivity index (χ0n) is 10.9. The van der Waals surface area contributed by atoms with Gasteiger partial charge < -0.3 is 14.4 Å². The van der Waals surface area contributed by atoms with E-state index in [0.717, 1.165) is 52.6 Å². The van der Waals surface area contributed by atoms with E-state index in [4.69, 9.17) is 9.47 Å². The van der Waals surface area contributed by atoms with Crippen molar-refractivity contribution in [3.8, 4) is 0 Å². The van der Waals surface area contributed by atoms with E-state index in [9.17, 15) is 0 Å². The average molecular weight is 242 g/mol. The Morgan fingerprint density at radius 1 is 0.765 bits per heavy atom. The van der Waals surface area contributed by atoms with Gasteiger partial charge in [-0.15, -0.1) is 0 Å². The van der Waals surface area contributed by atoms with Crippen LogP contribution >= 0.6 is 0 Å². The van der Waals surface area contributed by atoms with E-state index in [1.807, 2.05) is 0 Å².